The summed E-state index contributed by atoms with van der Waals surface area (Å²) in [6.45, 7) is 3.79. The molecular weight excluding hydrogens is 128 g/mol. The largest absolute Gasteiger partial charge is 0.396 e. The number of aliphatic hydroxyl groups excluding tert-OH is 2. The van der Waals surface area contributed by atoms with Gasteiger partial charge in [0.2, 0.25) is 0 Å². The van der Waals surface area contributed by atoms with E-state index in [1.54, 1.807) is 0 Å². The normalized spacial score (nSPS) is 17.6. The fraction of sp³-hybridized carbons (Fsp3) is 0.750. The van der Waals surface area contributed by atoms with Crippen molar-refractivity contribution < 1.29 is 10.2 Å². The van der Waals surface area contributed by atoms with Gasteiger partial charge in [-0.3, -0.25) is 0 Å². The van der Waals surface area contributed by atoms with Crippen LogP contribution in [-0.4, -0.2) is 22.9 Å². The maximum atomic E-state index is 9.24. The van der Waals surface area contributed by atoms with Crippen molar-refractivity contribution in [3.8, 4) is 0 Å². The Morgan fingerprint density at radius 3 is 2.50 bits per heavy atom. The Kier molecular flexibility index (Phi) is 5.26. The second kappa shape index (κ2) is 5.45. The third-order valence-corrected chi connectivity index (χ3v) is 1.56. The summed E-state index contributed by atoms with van der Waals surface area (Å²) in [5, 5.41) is 17.9. The molecule has 0 bridgehead atoms. The van der Waals surface area contributed by atoms with Gasteiger partial charge in [-0.1, -0.05) is 19.1 Å². The summed E-state index contributed by atoms with van der Waals surface area (Å²) in [5.74, 6) is -0.0174. The van der Waals surface area contributed by atoms with E-state index in [0.717, 1.165) is 0 Å². The van der Waals surface area contributed by atoms with E-state index in [1.807, 2.05) is 26.0 Å². The van der Waals surface area contributed by atoms with Gasteiger partial charge in [0.15, 0.2) is 0 Å². The molecular formula is C8H16O2. The fourth-order valence-corrected chi connectivity index (χ4v) is 0.629. The number of rotatable bonds is 4. The van der Waals surface area contributed by atoms with Crippen molar-refractivity contribution in [2.75, 3.05) is 6.61 Å². The van der Waals surface area contributed by atoms with Crippen LogP contribution in [0.3, 0.4) is 0 Å². The molecule has 2 heteroatoms. The zero-order valence-electron chi connectivity index (χ0n) is 6.62. The second-order valence-corrected chi connectivity index (χ2v) is 2.53. The summed E-state index contributed by atoms with van der Waals surface area (Å²) in [6.07, 6.45) is 4.03. The molecule has 10 heavy (non-hydrogen) atoms. The van der Waals surface area contributed by atoms with Crippen LogP contribution in [-0.2, 0) is 0 Å². The van der Waals surface area contributed by atoms with Crippen LogP contribution in [0.25, 0.3) is 0 Å². The van der Waals surface area contributed by atoms with Crippen LogP contribution in [0.5, 0.6) is 0 Å². The van der Waals surface area contributed by atoms with Crippen molar-refractivity contribution in [1.82, 2.24) is 0 Å². The Bertz CT molecular complexity index is 99.4. The highest BCUT2D eigenvalue weighted by Gasteiger charge is 2.10. The topological polar surface area (TPSA) is 40.5 Å². The summed E-state index contributed by atoms with van der Waals surface area (Å²) < 4.78 is 0. The van der Waals surface area contributed by atoms with Crippen LogP contribution >= 0.6 is 0 Å². The third-order valence-electron chi connectivity index (χ3n) is 1.56. The number of allylic oxidation sites excluding steroid dienone is 1. The lowest BCUT2D eigenvalue weighted by Crippen LogP contribution is -2.19. The Balaban J connectivity index is 3.50. The molecule has 0 aromatic heterocycles. The van der Waals surface area contributed by atoms with Crippen molar-refractivity contribution in [3.05, 3.63) is 12.2 Å². The molecule has 2 unspecified atom stereocenters. The van der Waals surface area contributed by atoms with E-state index in [1.165, 1.54) is 0 Å². The van der Waals surface area contributed by atoms with Gasteiger partial charge in [0.1, 0.15) is 0 Å². The van der Waals surface area contributed by atoms with E-state index >= 15 is 0 Å². The van der Waals surface area contributed by atoms with Gasteiger partial charge in [0, 0.05) is 12.5 Å². The van der Waals surface area contributed by atoms with Gasteiger partial charge >= 0.3 is 0 Å². The van der Waals surface area contributed by atoms with Crippen molar-refractivity contribution in [1.29, 1.82) is 0 Å². The molecule has 0 aromatic rings. The zero-order valence-corrected chi connectivity index (χ0v) is 6.62. The van der Waals surface area contributed by atoms with E-state index < -0.39 is 6.10 Å². The maximum Gasteiger partial charge on any atom is 0.0622 e. The molecule has 0 amide bonds. The van der Waals surface area contributed by atoms with Crippen molar-refractivity contribution >= 4 is 0 Å². The number of aliphatic hydroxyl groups is 2. The smallest absolute Gasteiger partial charge is 0.0622 e. The molecule has 0 aromatic carbocycles. The third kappa shape index (κ3) is 3.64. The second-order valence-electron chi connectivity index (χ2n) is 2.53. The van der Waals surface area contributed by atoms with Gasteiger partial charge in [0.25, 0.3) is 0 Å². The average molecular weight is 144 g/mol. The summed E-state index contributed by atoms with van der Waals surface area (Å²) >= 11 is 0. The Labute approximate surface area is 62.2 Å². The molecule has 0 saturated heterocycles. The highest BCUT2D eigenvalue weighted by Crippen LogP contribution is 2.05. The predicted molar refractivity (Wildman–Crippen MR) is 41.7 cm³/mol. The first-order valence-electron chi connectivity index (χ1n) is 3.62. The van der Waals surface area contributed by atoms with E-state index in [-0.39, 0.29) is 12.5 Å². The lowest BCUT2D eigenvalue weighted by Gasteiger charge is -2.13. The van der Waals surface area contributed by atoms with Crippen LogP contribution < -0.4 is 0 Å². The standard InChI is InChI=1S/C8H16O2/c1-3-4-5-8(10)7(2)6-9/h3-4,7-10H,5-6H2,1-2H3. The molecule has 0 heterocycles. The van der Waals surface area contributed by atoms with Crippen LogP contribution in [0.15, 0.2) is 12.2 Å². The average Bonchev–Trinajstić information content (AvgIpc) is 1.98. The summed E-state index contributed by atoms with van der Waals surface area (Å²) in [5.41, 5.74) is 0. The zero-order chi connectivity index (χ0) is 7.98. The maximum absolute atomic E-state index is 9.24. The van der Waals surface area contributed by atoms with E-state index in [4.69, 9.17) is 5.11 Å². The molecule has 2 nitrogen and oxygen atoms in total. The predicted octanol–water partition coefficient (Wildman–Crippen LogP) is 0.942. The van der Waals surface area contributed by atoms with Crippen molar-refractivity contribution in [3.63, 3.8) is 0 Å². The highest BCUT2D eigenvalue weighted by molar-refractivity contribution is 4.81. The van der Waals surface area contributed by atoms with Gasteiger partial charge in [-0.25, -0.2) is 0 Å². The lowest BCUT2D eigenvalue weighted by atomic mass is 10.0. The van der Waals surface area contributed by atoms with Crippen molar-refractivity contribution in [2.45, 2.75) is 26.4 Å². The monoisotopic (exact) mass is 144 g/mol. The van der Waals surface area contributed by atoms with Gasteiger partial charge < -0.3 is 10.2 Å². The van der Waals surface area contributed by atoms with E-state index in [9.17, 15) is 5.11 Å². The Morgan fingerprint density at radius 2 is 2.10 bits per heavy atom. The molecule has 0 saturated carbocycles. The molecule has 2 atom stereocenters. The first kappa shape index (κ1) is 9.66. The molecule has 2 N–H and O–H groups in total. The van der Waals surface area contributed by atoms with Gasteiger partial charge in [-0.15, -0.1) is 0 Å². The van der Waals surface area contributed by atoms with E-state index in [0.29, 0.717) is 6.42 Å². The quantitative estimate of drug-likeness (QED) is 0.576. The minimum atomic E-state index is -0.402. The number of hydrogen-bond donors (Lipinski definition) is 2. The molecule has 0 fully saturated rings. The minimum Gasteiger partial charge on any atom is -0.396 e. The molecule has 0 spiro atoms. The summed E-state index contributed by atoms with van der Waals surface area (Å²) in [7, 11) is 0. The Hall–Kier alpha value is -0.340. The minimum absolute atomic E-state index is 0.0174. The molecule has 0 aliphatic carbocycles. The SMILES string of the molecule is CC=CCC(O)C(C)CO. The molecule has 0 radical (unpaired) electrons. The van der Waals surface area contributed by atoms with Crippen LogP contribution in [0.2, 0.25) is 0 Å². The van der Waals surface area contributed by atoms with Gasteiger partial charge in [-0.2, -0.15) is 0 Å². The van der Waals surface area contributed by atoms with Crippen LogP contribution in [0.4, 0.5) is 0 Å². The molecule has 60 valence electrons. The van der Waals surface area contributed by atoms with E-state index in [2.05, 4.69) is 0 Å². The molecule has 0 rings (SSSR count). The summed E-state index contributed by atoms with van der Waals surface area (Å²) in [6, 6.07) is 0. The molecule has 0 aliphatic rings. The van der Waals surface area contributed by atoms with Crippen LogP contribution in [0, 0.1) is 5.92 Å². The van der Waals surface area contributed by atoms with Crippen molar-refractivity contribution in [2.24, 2.45) is 5.92 Å². The van der Waals surface area contributed by atoms with Crippen LogP contribution in [0.1, 0.15) is 20.3 Å². The summed E-state index contributed by atoms with van der Waals surface area (Å²) in [4.78, 5) is 0. The molecule has 0 aliphatic heterocycles. The van der Waals surface area contributed by atoms with Gasteiger partial charge in [-0.05, 0) is 13.3 Å². The van der Waals surface area contributed by atoms with Gasteiger partial charge in [0.05, 0.1) is 6.10 Å². The number of hydrogen-bond acceptors (Lipinski definition) is 2. The Morgan fingerprint density at radius 1 is 1.50 bits per heavy atom. The first-order valence-corrected chi connectivity index (χ1v) is 3.62. The lowest BCUT2D eigenvalue weighted by molar-refractivity contribution is 0.0795. The fourth-order valence-electron chi connectivity index (χ4n) is 0.629. The first-order chi connectivity index (χ1) is 4.72. The highest BCUT2D eigenvalue weighted by atomic mass is 16.3.